The first-order valence-electron chi connectivity index (χ1n) is 4.31. The van der Waals surface area contributed by atoms with E-state index in [0.717, 1.165) is 5.39 Å². The van der Waals surface area contributed by atoms with Crippen LogP contribution in [0.4, 0.5) is 0 Å². The van der Waals surface area contributed by atoms with Gasteiger partial charge >= 0.3 is 5.97 Å². The topological polar surface area (TPSA) is 52.3 Å². The van der Waals surface area contributed by atoms with Gasteiger partial charge in [0, 0.05) is 10.4 Å². The van der Waals surface area contributed by atoms with Crippen LogP contribution in [0.5, 0.6) is 0 Å². The van der Waals surface area contributed by atoms with Crippen LogP contribution in [0, 0.1) is 0 Å². The number of benzene rings is 1. The van der Waals surface area contributed by atoms with Crippen molar-refractivity contribution in [3.8, 4) is 0 Å². The van der Waals surface area contributed by atoms with Crippen LogP contribution in [0.25, 0.3) is 11.0 Å². The molecule has 2 rings (SSSR count). The molecule has 4 nitrogen and oxygen atoms in total. The van der Waals surface area contributed by atoms with Gasteiger partial charge in [-0.3, -0.25) is 4.79 Å². The summed E-state index contributed by atoms with van der Waals surface area (Å²) in [6.45, 7) is 0. The molecule has 5 heteroatoms. The van der Waals surface area contributed by atoms with E-state index in [1.165, 1.54) is 7.11 Å². The maximum absolute atomic E-state index is 11.1. The Balaban J connectivity index is 2.43. The number of rotatable bonds is 2. The van der Waals surface area contributed by atoms with Crippen molar-refractivity contribution in [2.24, 2.45) is 0 Å². The summed E-state index contributed by atoms with van der Waals surface area (Å²) in [5.41, 5.74) is 1.15. The highest BCUT2D eigenvalue weighted by Gasteiger charge is 2.12. The van der Waals surface area contributed by atoms with Gasteiger partial charge in [-0.2, -0.15) is 0 Å². The van der Waals surface area contributed by atoms with Crippen molar-refractivity contribution < 1.29 is 14.1 Å². The third-order valence-corrected chi connectivity index (χ3v) is 2.28. The van der Waals surface area contributed by atoms with E-state index in [2.05, 4.69) is 9.89 Å². The zero-order valence-electron chi connectivity index (χ0n) is 7.99. The van der Waals surface area contributed by atoms with Gasteiger partial charge in [-0.25, -0.2) is 0 Å². The van der Waals surface area contributed by atoms with Crippen LogP contribution in [0.1, 0.15) is 5.69 Å². The van der Waals surface area contributed by atoms with Gasteiger partial charge in [0.25, 0.3) is 0 Å². The number of nitrogens with zero attached hydrogens (tertiary/aromatic N) is 1. The quantitative estimate of drug-likeness (QED) is 0.736. The van der Waals surface area contributed by atoms with Crippen molar-refractivity contribution in [3.63, 3.8) is 0 Å². The van der Waals surface area contributed by atoms with Gasteiger partial charge in [-0.15, -0.1) is 0 Å². The smallest absolute Gasteiger partial charge is 0.311 e. The van der Waals surface area contributed by atoms with Gasteiger partial charge in [0.2, 0.25) is 0 Å². The summed E-state index contributed by atoms with van der Waals surface area (Å²) < 4.78 is 9.58. The molecule has 1 aromatic carbocycles. The molecular formula is C10H8ClNO3. The number of aromatic nitrogens is 1. The standard InChI is InChI=1S/C10H8ClNO3/c1-14-10(13)5-8-7-4-6(11)2-3-9(7)15-12-8/h2-4H,5H2,1H3. The van der Waals surface area contributed by atoms with Crippen molar-refractivity contribution in [1.29, 1.82) is 0 Å². The molecule has 0 saturated heterocycles. The minimum absolute atomic E-state index is 0.0871. The second-order valence-corrected chi connectivity index (χ2v) is 3.46. The summed E-state index contributed by atoms with van der Waals surface area (Å²) in [5, 5.41) is 5.11. The van der Waals surface area contributed by atoms with Crippen LogP contribution < -0.4 is 0 Å². The van der Waals surface area contributed by atoms with Gasteiger partial charge in [0.1, 0.15) is 5.69 Å². The Bertz CT molecular complexity index is 506. The highest BCUT2D eigenvalue weighted by molar-refractivity contribution is 6.31. The Morgan fingerprint density at radius 1 is 1.60 bits per heavy atom. The van der Waals surface area contributed by atoms with Crippen molar-refractivity contribution in [1.82, 2.24) is 5.16 Å². The van der Waals surface area contributed by atoms with Crippen LogP contribution in [0.2, 0.25) is 5.02 Å². The lowest BCUT2D eigenvalue weighted by Crippen LogP contribution is -2.04. The Hall–Kier alpha value is -1.55. The van der Waals surface area contributed by atoms with Gasteiger partial charge in [-0.05, 0) is 18.2 Å². The maximum atomic E-state index is 11.1. The molecule has 0 radical (unpaired) electrons. The lowest BCUT2D eigenvalue weighted by molar-refractivity contribution is -0.139. The number of carbonyl (C=O) groups excluding carboxylic acids is 1. The first-order chi connectivity index (χ1) is 7.20. The molecule has 0 bridgehead atoms. The zero-order valence-corrected chi connectivity index (χ0v) is 8.75. The minimum atomic E-state index is -0.356. The molecule has 0 aliphatic carbocycles. The van der Waals surface area contributed by atoms with Crippen LogP contribution in [-0.4, -0.2) is 18.2 Å². The van der Waals surface area contributed by atoms with Crippen molar-refractivity contribution in [2.45, 2.75) is 6.42 Å². The van der Waals surface area contributed by atoms with E-state index in [9.17, 15) is 4.79 Å². The zero-order chi connectivity index (χ0) is 10.8. The monoisotopic (exact) mass is 225 g/mol. The molecule has 0 amide bonds. The fourth-order valence-corrected chi connectivity index (χ4v) is 1.47. The average molecular weight is 226 g/mol. The normalized spacial score (nSPS) is 10.5. The predicted octanol–water partition coefficient (Wildman–Crippen LogP) is 2.20. The molecule has 0 N–H and O–H groups in total. The van der Waals surface area contributed by atoms with E-state index in [1.807, 2.05) is 0 Å². The molecule has 0 fully saturated rings. The summed E-state index contributed by atoms with van der Waals surface area (Å²) in [7, 11) is 1.33. The number of esters is 1. The van der Waals surface area contributed by atoms with E-state index in [4.69, 9.17) is 16.1 Å². The number of hydrogen-bond donors (Lipinski definition) is 0. The fraction of sp³-hybridized carbons (Fsp3) is 0.200. The van der Waals surface area contributed by atoms with E-state index >= 15 is 0 Å². The van der Waals surface area contributed by atoms with Crippen molar-refractivity contribution in [2.75, 3.05) is 7.11 Å². The van der Waals surface area contributed by atoms with Crippen LogP contribution >= 0.6 is 11.6 Å². The number of fused-ring (bicyclic) bond motifs is 1. The first kappa shape index (κ1) is 9.98. The molecule has 0 aliphatic rings. The van der Waals surface area contributed by atoms with E-state index in [0.29, 0.717) is 16.3 Å². The molecule has 0 aliphatic heterocycles. The summed E-state index contributed by atoms with van der Waals surface area (Å²) >= 11 is 5.83. The Morgan fingerprint density at radius 2 is 2.40 bits per heavy atom. The average Bonchev–Trinajstić information content (AvgIpc) is 2.61. The molecule has 15 heavy (non-hydrogen) atoms. The summed E-state index contributed by atoms with van der Waals surface area (Å²) in [5.74, 6) is -0.356. The molecule has 0 unspecified atom stereocenters. The van der Waals surface area contributed by atoms with Crippen molar-refractivity contribution >= 4 is 28.5 Å². The minimum Gasteiger partial charge on any atom is -0.469 e. The molecule has 2 aromatic rings. The van der Waals surface area contributed by atoms with Crippen molar-refractivity contribution in [3.05, 3.63) is 28.9 Å². The Morgan fingerprint density at radius 3 is 3.13 bits per heavy atom. The third-order valence-electron chi connectivity index (χ3n) is 2.05. The van der Waals surface area contributed by atoms with E-state index < -0.39 is 0 Å². The maximum Gasteiger partial charge on any atom is 0.311 e. The Labute approximate surface area is 90.8 Å². The summed E-state index contributed by atoms with van der Waals surface area (Å²) in [4.78, 5) is 11.1. The summed E-state index contributed by atoms with van der Waals surface area (Å²) in [6, 6.07) is 5.13. The SMILES string of the molecule is COC(=O)Cc1noc2ccc(Cl)cc12. The van der Waals surface area contributed by atoms with Gasteiger partial charge in [0.05, 0.1) is 13.5 Å². The third kappa shape index (κ3) is 1.94. The molecule has 1 aromatic heterocycles. The highest BCUT2D eigenvalue weighted by atomic mass is 35.5. The molecule has 0 atom stereocenters. The summed E-state index contributed by atoms with van der Waals surface area (Å²) in [6.07, 6.45) is 0.0871. The number of methoxy groups -OCH3 is 1. The molecule has 0 spiro atoms. The highest BCUT2D eigenvalue weighted by Crippen LogP contribution is 2.22. The largest absolute Gasteiger partial charge is 0.469 e. The van der Waals surface area contributed by atoms with E-state index in [1.54, 1.807) is 18.2 Å². The van der Waals surface area contributed by atoms with Gasteiger partial charge < -0.3 is 9.26 Å². The first-order valence-corrected chi connectivity index (χ1v) is 4.69. The second kappa shape index (κ2) is 3.90. The van der Waals surface area contributed by atoms with E-state index in [-0.39, 0.29) is 12.4 Å². The van der Waals surface area contributed by atoms with Crippen LogP contribution in [0.15, 0.2) is 22.7 Å². The lowest BCUT2D eigenvalue weighted by Gasteiger charge is -1.95. The van der Waals surface area contributed by atoms with Gasteiger partial charge in [0.15, 0.2) is 5.58 Å². The molecule has 0 saturated carbocycles. The molecule has 1 heterocycles. The van der Waals surface area contributed by atoms with Crippen LogP contribution in [0.3, 0.4) is 0 Å². The molecule has 78 valence electrons. The fourth-order valence-electron chi connectivity index (χ4n) is 1.30. The lowest BCUT2D eigenvalue weighted by atomic mass is 10.2. The second-order valence-electron chi connectivity index (χ2n) is 3.02. The molecular weight excluding hydrogens is 218 g/mol. The number of carbonyl (C=O) groups is 1. The Kier molecular flexibility index (Phi) is 2.60. The van der Waals surface area contributed by atoms with Crippen LogP contribution in [-0.2, 0) is 16.0 Å². The number of hydrogen-bond acceptors (Lipinski definition) is 4. The number of halogens is 1. The predicted molar refractivity (Wildman–Crippen MR) is 54.7 cm³/mol. The number of ether oxygens (including phenoxy) is 1. The van der Waals surface area contributed by atoms with Gasteiger partial charge in [-0.1, -0.05) is 16.8 Å².